The maximum atomic E-state index is 14.0. The Morgan fingerprint density at radius 2 is 1.57 bits per heavy atom. The van der Waals surface area contributed by atoms with Gasteiger partial charge in [-0.05, 0) is 42.5 Å². The van der Waals surface area contributed by atoms with Gasteiger partial charge in [-0.25, -0.2) is 9.18 Å². The summed E-state index contributed by atoms with van der Waals surface area (Å²) in [6.45, 7) is 2.17. The largest absolute Gasteiger partial charge is 0.478 e. The Bertz CT molecular complexity index is 1240. The number of amides is 2. The predicted molar refractivity (Wildman–Crippen MR) is 134 cm³/mol. The highest BCUT2D eigenvalue weighted by atomic mass is 32.2. The first kappa shape index (κ1) is 24.3. The summed E-state index contributed by atoms with van der Waals surface area (Å²) in [5.41, 5.74) is 1.06. The summed E-state index contributed by atoms with van der Waals surface area (Å²) in [6.07, 6.45) is 0. The van der Waals surface area contributed by atoms with Crippen LogP contribution in [0, 0.1) is 5.82 Å². The molecule has 0 saturated carbocycles. The van der Waals surface area contributed by atoms with E-state index in [1.165, 1.54) is 30.0 Å². The second kappa shape index (κ2) is 11.1. The van der Waals surface area contributed by atoms with E-state index in [1.807, 2.05) is 11.0 Å². The van der Waals surface area contributed by atoms with Crippen LogP contribution in [0.1, 0.15) is 20.7 Å². The zero-order valence-corrected chi connectivity index (χ0v) is 19.6. The van der Waals surface area contributed by atoms with Gasteiger partial charge in [-0.3, -0.25) is 9.59 Å². The van der Waals surface area contributed by atoms with Gasteiger partial charge in [-0.15, -0.1) is 11.8 Å². The first-order valence-corrected chi connectivity index (χ1v) is 12.0. The SMILES string of the molecule is O=C(O)c1ccccc1C(=O)Nc1cccc(SCC(=O)N2CCN(c3ccccc3F)CC2)c1. The summed E-state index contributed by atoms with van der Waals surface area (Å²) in [4.78, 5) is 41.2. The Kier molecular flexibility index (Phi) is 7.67. The van der Waals surface area contributed by atoms with Gasteiger partial charge in [0.1, 0.15) is 5.82 Å². The smallest absolute Gasteiger partial charge is 0.336 e. The number of nitrogens with zero attached hydrogens (tertiary/aromatic N) is 2. The fraction of sp³-hybridized carbons (Fsp3) is 0.192. The van der Waals surface area contributed by atoms with E-state index in [0.29, 0.717) is 37.6 Å². The van der Waals surface area contributed by atoms with Gasteiger partial charge in [0.25, 0.3) is 5.91 Å². The number of carboxylic acid groups (broad SMARTS) is 1. The minimum Gasteiger partial charge on any atom is -0.478 e. The minimum absolute atomic E-state index is 0.00647. The van der Waals surface area contributed by atoms with Crippen molar-refractivity contribution < 1.29 is 23.9 Å². The summed E-state index contributed by atoms with van der Waals surface area (Å²) in [7, 11) is 0. The van der Waals surface area contributed by atoms with Gasteiger partial charge in [0.2, 0.25) is 5.91 Å². The standard InChI is InChI=1S/C26H24FN3O4S/c27-22-10-3-4-11-23(22)29-12-14-30(15-13-29)24(31)17-35-19-7-5-6-18(16-19)28-25(32)20-8-1-2-9-21(20)26(33)34/h1-11,16H,12-15,17H2,(H,28,32)(H,33,34). The molecule has 0 aliphatic carbocycles. The number of carbonyl (C=O) groups is 3. The molecule has 1 aliphatic heterocycles. The summed E-state index contributed by atoms with van der Waals surface area (Å²) in [5.74, 6) is -1.73. The molecule has 4 rings (SSSR count). The summed E-state index contributed by atoms with van der Waals surface area (Å²) >= 11 is 1.36. The van der Waals surface area contributed by atoms with Gasteiger partial charge in [0.15, 0.2) is 0 Å². The molecule has 1 fully saturated rings. The van der Waals surface area contributed by atoms with Crippen LogP contribution >= 0.6 is 11.8 Å². The van der Waals surface area contributed by atoms with Crippen molar-refractivity contribution in [3.63, 3.8) is 0 Å². The van der Waals surface area contributed by atoms with Crippen molar-refractivity contribution in [2.24, 2.45) is 0 Å². The van der Waals surface area contributed by atoms with Crippen molar-refractivity contribution in [1.82, 2.24) is 4.90 Å². The number of hydrogen-bond acceptors (Lipinski definition) is 5. The lowest BCUT2D eigenvalue weighted by atomic mass is 10.1. The highest BCUT2D eigenvalue weighted by Gasteiger charge is 2.23. The number of anilines is 2. The molecule has 1 aliphatic rings. The van der Waals surface area contributed by atoms with E-state index in [1.54, 1.807) is 53.4 Å². The van der Waals surface area contributed by atoms with Crippen molar-refractivity contribution >= 4 is 40.9 Å². The first-order chi connectivity index (χ1) is 16.9. The molecule has 180 valence electrons. The van der Waals surface area contributed by atoms with E-state index in [4.69, 9.17) is 0 Å². The molecule has 0 spiro atoms. The maximum Gasteiger partial charge on any atom is 0.336 e. The topological polar surface area (TPSA) is 89.9 Å². The molecule has 0 aromatic heterocycles. The molecule has 9 heteroatoms. The van der Waals surface area contributed by atoms with Crippen LogP contribution in [0.4, 0.5) is 15.8 Å². The Hall–Kier alpha value is -3.85. The van der Waals surface area contributed by atoms with Gasteiger partial charge < -0.3 is 20.2 Å². The van der Waals surface area contributed by atoms with Crippen molar-refractivity contribution in [2.75, 3.05) is 42.1 Å². The van der Waals surface area contributed by atoms with Crippen molar-refractivity contribution in [3.8, 4) is 0 Å². The van der Waals surface area contributed by atoms with Crippen molar-refractivity contribution in [3.05, 3.63) is 89.7 Å². The lowest BCUT2D eigenvalue weighted by Crippen LogP contribution is -2.49. The summed E-state index contributed by atoms with van der Waals surface area (Å²) < 4.78 is 14.0. The van der Waals surface area contributed by atoms with E-state index in [-0.39, 0.29) is 28.6 Å². The van der Waals surface area contributed by atoms with E-state index in [9.17, 15) is 23.9 Å². The number of nitrogens with one attached hydrogen (secondary N) is 1. The quantitative estimate of drug-likeness (QED) is 0.479. The summed E-state index contributed by atoms with van der Waals surface area (Å²) in [5, 5.41) is 12.0. The van der Waals surface area contributed by atoms with Gasteiger partial charge in [-0.2, -0.15) is 0 Å². The highest BCUT2D eigenvalue weighted by molar-refractivity contribution is 8.00. The third-order valence-corrected chi connectivity index (χ3v) is 6.66. The fourth-order valence-electron chi connectivity index (χ4n) is 3.87. The average Bonchev–Trinajstić information content (AvgIpc) is 2.88. The lowest BCUT2D eigenvalue weighted by molar-refractivity contribution is -0.128. The van der Waals surface area contributed by atoms with Gasteiger partial charge in [-0.1, -0.05) is 30.3 Å². The number of carboxylic acids is 1. The van der Waals surface area contributed by atoms with Gasteiger partial charge in [0.05, 0.1) is 22.6 Å². The number of piperazine rings is 1. The Morgan fingerprint density at radius 3 is 2.29 bits per heavy atom. The Morgan fingerprint density at radius 1 is 0.886 bits per heavy atom. The number of benzene rings is 3. The van der Waals surface area contributed by atoms with Crippen LogP contribution in [0.5, 0.6) is 0 Å². The van der Waals surface area contributed by atoms with Crippen LogP contribution in [0.2, 0.25) is 0 Å². The lowest BCUT2D eigenvalue weighted by Gasteiger charge is -2.36. The van der Waals surface area contributed by atoms with Crippen molar-refractivity contribution in [2.45, 2.75) is 4.90 Å². The fourth-order valence-corrected chi connectivity index (χ4v) is 4.73. The molecule has 0 radical (unpaired) electrons. The third kappa shape index (κ3) is 5.99. The maximum absolute atomic E-state index is 14.0. The Balaban J connectivity index is 1.31. The van der Waals surface area contributed by atoms with Crippen LogP contribution in [0.25, 0.3) is 0 Å². The van der Waals surface area contributed by atoms with E-state index in [2.05, 4.69) is 5.32 Å². The molecule has 0 atom stereocenters. The number of para-hydroxylation sites is 1. The molecular weight excluding hydrogens is 469 g/mol. The second-order valence-electron chi connectivity index (χ2n) is 7.94. The normalized spacial score (nSPS) is 13.4. The van der Waals surface area contributed by atoms with E-state index in [0.717, 1.165) is 4.90 Å². The molecule has 35 heavy (non-hydrogen) atoms. The van der Waals surface area contributed by atoms with Crippen LogP contribution in [0.3, 0.4) is 0 Å². The number of carbonyl (C=O) groups excluding carboxylic acids is 2. The number of rotatable bonds is 7. The highest BCUT2D eigenvalue weighted by Crippen LogP contribution is 2.24. The monoisotopic (exact) mass is 493 g/mol. The van der Waals surface area contributed by atoms with Gasteiger partial charge >= 0.3 is 5.97 Å². The molecule has 3 aromatic rings. The first-order valence-electron chi connectivity index (χ1n) is 11.1. The van der Waals surface area contributed by atoms with Crippen LogP contribution in [0.15, 0.2) is 77.7 Å². The molecule has 1 saturated heterocycles. The van der Waals surface area contributed by atoms with Crippen LogP contribution in [-0.4, -0.2) is 59.7 Å². The summed E-state index contributed by atoms with van der Waals surface area (Å²) in [6, 6.07) is 19.7. The molecule has 0 unspecified atom stereocenters. The van der Waals surface area contributed by atoms with Crippen molar-refractivity contribution in [1.29, 1.82) is 0 Å². The zero-order chi connectivity index (χ0) is 24.8. The molecule has 0 bridgehead atoms. The average molecular weight is 494 g/mol. The number of thioether (sulfide) groups is 1. The number of aromatic carboxylic acids is 1. The van der Waals surface area contributed by atoms with Crippen LogP contribution < -0.4 is 10.2 Å². The van der Waals surface area contributed by atoms with Gasteiger partial charge in [0, 0.05) is 36.8 Å². The second-order valence-corrected chi connectivity index (χ2v) is 8.99. The third-order valence-electron chi connectivity index (χ3n) is 5.68. The zero-order valence-electron chi connectivity index (χ0n) is 18.8. The minimum atomic E-state index is -1.17. The molecule has 7 nitrogen and oxygen atoms in total. The molecule has 1 heterocycles. The molecule has 2 N–H and O–H groups in total. The molecule has 3 aromatic carbocycles. The number of halogens is 1. The van der Waals surface area contributed by atoms with Crippen LogP contribution in [-0.2, 0) is 4.79 Å². The Labute approximate surface area is 206 Å². The number of hydrogen-bond donors (Lipinski definition) is 2. The van der Waals surface area contributed by atoms with E-state index >= 15 is 0 Å². The molecular formula is C26H24FN3O4S. The predicted octanol–water partition coefficient (Wildman–Crippen LogP) is 4.22. The molecule has 2 amide bonds. The van der Waals surface area contributed by atoms with E-state index < -0.39 is 11.9 Å².